The highest BCUT2D eigenvalue weighted by Gasteiger charge is 2.44. The summed E-state index contributed by atoms with van der Waals surface area (Å²) in [6, 6.07) is 0. The third-order valence-corrected chi connectivity index (χ3v) is 4.67. The van der Waals surface area contributed by atoms with E-state index in [1.54, 1.807) is 6.08 Å². The number of piperidine rings is 1. The van der Waals surface area contributed by atoms with Crippen LogP contribution in [0.25, 0.3) is 0 Å². The van der Waals surface area contributed by atoms with Gasteiger partial charge in [0.15, 0.2) is 0 Å². The Balaban J connectivity index is 2.08. The van der Waals surface area contributed by atoms with E-state index in [4.69, 9.17) is 10.5 Å². The highest BCUT2D eigenvalue weighted by Crippen LogP contribution is 2.40. The quantitative estimate of drug-likeness (QED) is 0.488. The fourth-order valence-electron chi connectivity index (χ4n) is 3.50. The van der Waals surface area contributed by atoms with Crippen LogP contribution >= 0.6 is 0 Å². The van der Waals surface area contributed by atoms with E-state index in [0.29, 0.717) is 25.3 Å². The van der Waals surface area contributed by atoms with Crippen molar-refractivity contribution in [3.05, 3.63) is 12.7 Å². The van der Waals surface area contributed by atoms with Crippen molar-refractivity contribution in [2.24, 2.45) is 16.6 Å². The number of nitrogens with two attached hydrogens (primary N) is 1. The molecule has 1 aliphatic carbocycles. The van der Waals surface area contributed by atoms with Gasteiger partial charge in [0.05, 0.1) is 0 Å². The Labute approximate surface area is 125 Å². The van der Waals surface area contributed by atoms with Crippen LogP contribution in [0.1, 0.15) is 38.5 Å². The van der Waals surface area contributed by atoms with Crippen molar-refractivity contribution in [3.63, 3.8) is 0 Å². The van der Waals surface area contributed by atoms with E-state index in [1.807, 2.05) is 0 Å². The zero-order valence-electron chi connectivity index (χ0n) is 12.3. The van der Waals surface area contributed by atoms with Gasteiger partial charge in [0.2, 0.25) is 6.08 Å². The molecule has 1 heterocycles. The van der Waals surface area contributed by atoms with Crippen molar-refractivity contribution >= 4 is 12.2 Å². The molecule has 0 spiro atoms. The lowest BCUT2D eigenvalue weighted by Gasteiger charge is -2.45. The third kappa shape index (κ3) is 3.52. The molecule has 2 atom stereocenters. The summed E-state index contributed by atoms with van der Waals surface area (Å²) in [6.45, 7) is 4.11. The Hall–Kier alpha value is -1.65. The lowest BCUT2D eigenvalue weighted by Crippen LogP contribution is -2.59. The van der Waals surface area contributed by atoms with Crippen LogP contribution in [0, 0.1) is 5.92 Å². The number of carbonyl (C=O) groups is 1. The van der Waals surface area contributed by atoms with Crippen molar-refractivity contribution in [2.75, 3.05) is 13.2 Å². The van der Waals surface area contributed by atoms with Crippen LogP contribution in [-0.4, -0.2) is 41.9 Å². The first-order valence-electron chi connectivity index (χ1n) is 7.51. The Kier molecular flexibility index (Phi) is 5.15. The van der Waals surface area contributed by atoms with Crippen molar-refractivity contribution in [3.8, 4) is 0 Å². The van der Waals surface area contributed by atoms with Gasteiger partial charge in [-0.1, -0.05) is 25.5 Å². The molecule has 2 unspecified atom stereocenters. The zero-order valence-corrected chi connectivity index (χ0v) is 12.3. The van der Waals surface area contributed by atoms with Crippen LogP contribution in [0.4, 0.5) is 4.79 Å². The molecule has 0 aromatic rings. The molecule has 2 N–H and O–H groups in total. The lowest BCUT2D eigenvalue weighted by molar-refractivity contribution is 0.0495. The van der Waals surface area contributed by atoms with Gasteiger partial charge in [0.1, 0.15) is 12.8 Å². The predicted molar refractivity (Wildman–Crippen MR) is 78.3 cm³/mol. The molecule has 1 saturated heterocycles. The second kappa shape index (κ2) is 6.87. The van der Waals surface area contributed by atoms with Gasteiger partial charge in [-0.05, 0) is 25.2 Å². The highest BCUT2D eigenvalue weighted by molar-refractivity contribution is 5.68. The molecule has 2 fully saturated rings. The minimum Gasteiger partial charge on any atom is -0.445 e. The summed E-state index contributed by atoms with van der Waals surface area (Å²) in [6.07, 6.45) is 7.87. The summed E-state index contributed by atoms with van der Waals surface area (Å²) in [5.41, 5.74) is 6.21. The summed E-state index contributed by atoms with van der Waals surface area (Å²) in [4.78, 5) is 27.9. The standard InChI is InChI=1S/C15H23N3O3/c1-2-9-21-14(20)18-8-7-15(16,10-13(18)17-11-19)12-5-3-4-6-12/h2,12-13H,1,3-10,16H2. The molecule has 1 amide bonds. The monoisotopic (exact) mass is 293 g/mol. The van der Waals surface area contributed by atoms with E-state index >= 15 is 0 Å². The molecule has 6 nitrogen and oxygen atoms in total. The number of likely N-dealkylation sites (tertiary alicyclic amines) is 1. The largest absolute Gasteiger partial charge is 0.445 e. The number of hydrogen-bond acceptors (Lipinski definition) is 5. The Morgan fingerprint density at radius 2 is 2.24 bits per heavy atom. The third-order valence-electron chi connectivity index (χ3n) is 4.67. The molecule has 0 bridgehead atoms. The van der Waals surface area contributed by atoms with Gasteiger partial charge < -0.3 is 10.5 Å². The number of rotatable bonds is 4. The van der Waals surface area contributed by atoms with E-state index in [2.05, 4.69) is 11.6 Å². The average molecular weight is 293 g/mol. The number of isocyanates is 1. The molecule has 6 heteroatoms. The topological polar surface area (TPSA) is 85.0 Å². The van der Waals surface area contributed by atoms with Crippen LogP contribution in [0.2, 0.25) is 0 Å². The maximum absolute atomic E-state index is 12.0. The van der Waals surface area contributed by atoms with E-state index in [0.717, 1.165) is 12.8 Å². The molecule has 116 valence electrons. The van der Waals surface area contributed by atoms with E-state index in [-0.39, 0.29) is 12.1 Å². The van der Waals surface area contributed by atoms with Crippen molar-refractivity contribution in [2.45, 2.75) is 50.2 Å². The molecule has 2 aliphatic rings. The van der Waals surface area contributed by atoms with Gasteiger partial charge in [-0.2, -0.15) is 4.99 Å². The first kappa shape index (κ1) is 15.7. The first-order valence-corrected chi connectivity index (χ1v) is 7.51. The number of aliphatic imine (C=N–C) groups is 1. The van der Waals surface area contributed by atoms with E-state index in [9.17, 15) is 9.59 Å². The first-order chi connectivity index (χ1) is 10.1. The Morgan fingerprint density at radius 1 is 1.52 bits per heavy atom. The molecule has 0 aromatic carbocycles. The Morgan fingerprint density at radius 3 is 2.86 bits per heavy atom. The number of ether oxygens (including phenoxy) is 1. The molecular formula is C15H23N3O3. The van der Waals surface area contributed by atoms with Gasteiger partial charge in [0.25, 0.3) is 0 Å². The SMILES string of the molecule is C=CCOC(=O)N1CCC(N)(C2CCCC2)CC1N=C=O. The molecule has 0 aromatic heterocycles. The molecule has 1 aliphatic heterocycles. The van der Waals surface area contributed by atoms with Crippen molar-refractivity contribution in [1.29, 1.82) is 0 Å². The average Bonchev–Trinajstić information content (AvgIpc) is 3.00. The minimum atomic E-state index is -0.570. The maximum atomic E-state index is 12.0. The van der Waals surface area contributed by atoms with Gasteiger partial charge in [-0.25, -0.2) is 9.59 Å². The van der Waals surface area contributed by atoms with E-state index in [1.165, 1.54) is 23.8 Å². The predicted octanol–water partition coefficient (Wildman–Crippen LogP) is 1.95. The molecule has 2 rings (SSSR count). The minimum absolute atomic E-state index is 0.142. The van der Waals surface area contributed by atoms with Crippen LogP contribution in [0.3, 0.4) is 0 Å². The smallest absolute Gasteiger partial charge is 0.411 e. The highest BCUT2D eigenvalue weighted by atomic mass is 16.6. The van der Waals surface area contributed by atoms with Gasteiger partial charge in [0, 0.05) is 18.5 Å². The number of amides is 1. The molecular weight excluding hydrogens is 270 g/mol. The fraction of sp³-hybridized carbons (Fsp3) is 0.733. The van der Waals surface area contributed by atoms with Crippen LogP contribution in [0.5, 0.6) is 0 Å². The molecule has 1 saturated carbocycles. The maximum Gasteiger partial charge on any atom is 0.411 e. The zero-order chi connectivity index (χ0) is 15.3. The van der Waals surface area contributed by atoms with Crippen LogP contribution < -0.4 is 5.73 Å². The van der Waals surface area contributed by atoms with Gasteiger partial charge in [-0.3, -0.25) is 4.90 Å². The summed E-state index contributed by atoms with van der Waals surface area (Å²) in [5, 5.41) is 0. The lowest BCUT2D eigenvalue weighted by atomic mass is 9.75. The second-order valence-corrected chi connectivity index (χ2v) is 5.93. The van der Waals surface area contributed by atoms with Gasteiger partial charge >= 0.3 is 6.09 Å². The number of hydrogen-bond donors (Lipinski definition) is 1. The van der Waals surface area contributed by atoms with Crippen LogP contribution in [0.15, 0.2) is 17.6 Å². The molecule has 0 radical (unpaired) electrons. The Bertz CT molecular complexity index is 441. The summed E-state index contributed by atoms with van der Waals surface area (Å²) in [5.74, 6) is 0.452. The van der Waals surface area contributed by atoms with Gasteiger partial charge in [-0.15, -0.1) is 0 Å². The van der Waals surface area contributed by atoms with Crippen LogP contribution in [-0.2, 0) is 9.53 Å². The summed E-state index contributed by atoms with van der Waals surface area (Å²) >= 11 is 0. The van der Waals surface area contributed by atoms with E-state index < -0.39 is 12.3 Å². The normalized spacial score (nSPS) is 29.8. The fourth-order valence-corrected chi connectivity index (χ4v) is 3.50. The number of carbonyl (C=O) groups excluding carboxylic acids is 2. The second-order valence-electron chi connectivity index (χ2n) is 5.93. The molecule has 21 heavy (non-hydrogen) atoms. The number of nitrogens with zero attached hydrogens (tertiary/aromatic N) is 2. The summed E-state index contributed by atoms with van der Waals surface area (Å²) in [7, 11) is 0. The van der Waals surface area contributed by atoms with Crippen molar-refractivity contribution in [1.82, 2.24) is 4.90 Å². The summed E-state index contributed by atoms with van der Waals surface area (Å²) < 4.78 is 5.04. The van der Waals surface area contributed by atoms with Crippen molar-refractivity contribution < 1.29 is 14.3 Å².